The minimum absolute atomic E-state index is 0.180. The summed E-state index contributed by atoms with van der Waals surface area (Å²) in [7, 11) is 0. The van der Waals surface area contributed by atoms with Crippen molar-refractivity contribution in [3.05, 3.63) is 63.9 Å². The standard InChI is InChI=1S/C15H14Cl2FNO/c1-15(20,10-5-3-2-4-6-10)9-19-14-12(16)7-11(18)8-13(14)17/h2-8,19-20H,9H2,1H3. The maximum atomic E-state index is 13.1. The molecule has 0 heterocycles. The Bertz CT molecular complexity index is 579. The molecule has 20 heavy (non-hydrogen) atoms. The molecule has 0 spiro atoms. The normalized spacial score (nSPS) is 13.8. The summed E-state index contributed by atoms with van der Waals surface area (Å²) < 4.78 is 13.1. The van der Waals surface area contributed by atoms with Crippen molar-refractivity contribution in [3.8, 4) is 0 Å². The fourth-order valence-corrected chi connectivity index (χ4v) is 2.46. The van der Waals surface area contributed by atoms with E-state index in [-0.39, 0.29) is 16.6 Å². The summed E-state index contributed by atoms with van der Waals surface area (Å²) in [4.78, 5) is 0. The zero-order chi connectivity index (χ0) is 14.8. The number of anilines is 1. The lowest BCUT2D eigenvalue weighted by Gasteiger charge is -2.25. The highest BCUT2D eigenvalue weighted by molar-refractivity contribution is 6.39. The first kappa shape index (κ1) is 15.1. The molecule has 2 aromatic carbocycles. The first-order valence-corrected chi connectivity index (χ1v) is 6.82. The molecule has 2 nitrogen and oxygen atoms in total. The Morgan fingerprint density at radius 3 is 2.25 bits per heavy atom. The van der Waals surface area contributed by atoms with Crippen molar-refractivity contribution in [3.63, 3.8) is 0 Å². The summed E-state index contributed by atoms with van der Waals surface area (Å²) in [5.41, 5.74) is 0.0789. The quantitative estimate of drug-likeness (QED) is 0.874. The van der Waals surface area contributed by atoms with Crippen LogP contribution in [0.2, 0.25) is 10.0 Å². The van der Waals surface area contributed by atoms with Crippen molar-refractivity contribution in [2.45, 2.75) is 12.5 Å². The highest BCUT2D eigenvalue weighted by Gasteiger charge is 2.23. The van der Waals surface area contributed by atoms with Gasteiger partial charge in [-0.25, -0.2) is 4.39 Å². The Labute approximate surface area is 127 Å². The number of benzene rings is 2. The van der Waals surface area contributed by atoms with Crippen LogP contribution in [0.25, 0.3) is 0 Å². The zero-order valence-corrected chi connectivity index (χ0v) is 12.3. The van der Waals surface area contributed by atoms with E-state index in [2.05, 4.69) is 5.32 Å². The second kappa shape index (κ2) is 6.00. The van der Waals surface area contributed by atoms with Gasteiger partial charge in [0.25, 0.3) is 0 Å². The van der Waals surface area contributed by atoms with Crippen molar-refractivity contribution in [1.82, 2.24) is 0 Å². The van der Waals surface area contributed by atoms with Gasteiger partial charge < -0.3 is 10.4 Å². The zero-order valence-electron chi connectivity index (χ0n) is 10.8. The van der Waals surface area contributed by atoms with Gasteiger partial charge in [0.05, 0.1) is 15.7 Å². The van der Waals surface area contributed by atoms with Crippen LogP contribution in [0.15, 0.2) is 42.5 Å². The first-order valence-electron chi connectivity index (χ1n) is 6.06. The third-order valence-electron chi connectivity index (χ3n) is 3.01. The topological polar surface area (TPSA) is 32.3 Å². The average molecular weight is 314 g/mol. The molecule has 0 aromatic heterocycles. The van der Waals surface area contributed by atoms with E-state index in [1.54, 1.807) is 6.92 Å². The number of nitrogens with one attached hydrogen (secondary N) is 1. The van der Waals surface area contributed by atoms with Crippen molar-refractivity contribution >= 4 is 28.9 Å². The molecule has 2 rings (SSSR count). The Hall–Kier alpha value is -1.29. The second-order valence-corrected chi connectivity index (χ2v) is 5.55. The molecule has 0 aliphatic carbocycles. The summed E-state index contributed by atoms with van der Waals surface area (Å²) >= 11 is 11.9. The van der Waals surface area contributed by atoms with Gasteiger partial charge in [-0.15, -0.1) is 0 Å². The SMILES string of the molecule is CC(O)(CNc1c(Cl)cc(F)cc1Cl)c1ccccc1. The van der Waals surface area contributed by atoms with E-state index in [0.717, 1.165) is 5.56 Å². The lowest BCUT2D eigenvalue weighted by Crippen LogP contribution is -2.30. The molecule has 0 saturated carbocycles. The van der Waals surface area contributed by atoms with E-state index in [0.29, 0.717) is 5.69 Å². The maximum absolute atomic E-state index is 13.1. The fourth-order valence-electron chi connectivity index (χ4n) is 1.87. The molecule has 0 saturated heterocycles. The van der Waals surface area contributed by atoms with Gasteiger partial charge in [-0.3, -0.25) is 0 Å². The third kappa shape index (κ3) is 3.42. The predicted octanol–water partition coefficient (Wildman–Crippen LogP) is 4.45. The van der Waals surface area contributed by atoms with Gasteiger partial charge in [0.2, 0.25) is 0 Å². The van der Waals surface area contributed by atoms with Gasteiger partial charge in [0.1, 0.15) is 11.4 Å². The van der Waals surface area contributed by atoms with Crippen LogP contribution in [0, 0.1) is 5.82 Å². The first-order chi connectivity index (χ1) is 9.40. The van der Waals surface area contributed by atoms with E-state index in [1.807, 2.05) is 30.3 Å². The summed E-state index contributed by atoms with van der Waals surface area (Å²) in [5, 5.41) is 13.8. The third-order valence-corrected chi connectivity index (χ3v) is 3.61. The molecular formula is C15H14Cl2FNO. The van der Waals surface area contributed by atoms with E-state index < -0.39 is 11.4 Å². The van der Waals surface area contributed by atoms with Crippen molar-refractivity contribution in [2.24, 2.45) is 0 Å². The Balaban J connectivity index is 2.17. The molecule has 1 unspecified atom stereocenters. The Morgan fingerprint density at radius 2 is 1.70 bits per heavy atom. The van der Waals surface area contributed by atoms with Crippen LogP contribution >= 0.6 is 23.2 Å². The lowest BCUT2D eigenvalue weighted by molar-refractivity contribution is 0.0715. The monoisotopic (exact) mass is 313 g/mol. The van der Waals surface area contributed by atoms with E-state index in [1.165, 1.54) is 12.1 Å². The molecule has 0 bridgehead atoms. The van der Waals surface area contributed by atoms with Gasteiger partial charge in [0.15, 0.2) is 0 Å². The Morgan fingerprint density at radius 1 is 1.15 bits per heavy atom. The molecule has 106 valence electrons. The number of aliphatic hydroxyl groups is 1. The number of rotatable bonds is 4. The van der Waals surface area contributed by atoms with E-state index >= 15 is 0 Å². The van der Waals surface area contributed by atoms with Crippen LogP contribution in [0.5, 0.6) is 0 Å². The minimum Gasteiger partial charge on any atom is -0.384 e. The highest BCUT2D eigenvalue weighted by Crippen LogP contribution is 2.32. The molecule has 0 radical (unpaired) electrons. The van der Waals surface area contributed by atoms with Crippen LogP contribution in [-0.4, -0.2) is 11.7 Å². The minimum atomic E-state index is -1.09. The maximum Gasteiger partial charge on any atom is 0.126 e. The molecule has 0 fully saturated rings. The van der Waals surface area contributed by atoms with Gasteiger partial charge >= 0.3 is 0 Å². The summed E-state index contributed by atoms with van der Waals surface area (Å²) in [6.45, 7) is 1.88. The van der Waals surface area contributed by atoms with Gasteiger partial charge in [0, 0.05) is 6.54 Å². The molecule has 2 aromatic rings. The number of halogens is 3. The second-order valence-electron chi connectivity index (χ2n) is 4.74. The molecular weight excluding hydrogens is 300 g/mol. The van der Waals surface area contributed by atoms with Gasteiger partial charge in [-0.05, 0) is 24.6 Å². The van der Waals surface area contributed by atoms with Crippen molar-refractivity contribution < 1.29 is 9.50 Å². The molecule has 2 N–H and O–H groups in total. The molecule has 5 heteroatoms. The fraction of sp³-hybridized carbons (Fsp3) is 0.200. The van der Waals surface area contributed by atoms with Crippen LogP contribution in [-0.2, 0) is 5.60 Å². The van der Waals surface area contributed by atoms with Gasteiger partial charge in [-0.1, -0.05) is 53.5 Å². The predicted molar refractivity (Wildman–Crippen MR) is 80.9 cm³/mol. The van der Waals surface area contributed by atoms with Gasteiger partial charge in [-0.2, -0.15) is 0 Å². The van der Waals surface area contributed by atoms with E-state index in [4.69, 9.17) is 23.2 Å². The summed E-state index contributed by atoms with van der Waals surface area (Å²) in [6.07, 6.45) is 0. The average Bonchev–Trinajstić information content (AvgIpc) is 2.38. The van der Waals surface area contributed by atoms with Crippen LogP contribution < -0.4 is 5.32 Å². The largest absolute Gasteiger partial charge is 0.384 e. The van der Waals surface area contributed by atoms with Crippen molar-refractivity contribution in [2.75, 3.05) is 11.9 Å². The summed E-state index contributed by atoms with van der Waals surface area (Å²) in [6, 6.07) is 11.6. The summed E-state index contributed by atoms with van der Waals surface area (Å²) in [5.74, 6) is -0.500. The highest BCUT2D eigenvalue weighted by atomic mass is 35.5. The van der Waals surface area contributed by atoms with Crippen molar-refractivity contribution in [1.29, 1.82) is 0 Å². The molecule has 0 amide bonds. The lowest BCUT2D eigenvalue weighted by atomic mass is 9.96. The Kier molecular flexibility index (Phi) is 4.53. The number of hydrogen-bond donors (Lipinski definition) is 2. The molecule has 1 atom stereocenters. The van der Waals surface area contributed by atoms with Crippen LogP contribution in [0.1, 0.15) is 12.5 Å². The van der Waals surface area contributed by atoms with Crippen LogP contribution in [0.4, 0.5) is 10.1 Å². The van der Waals surface area contributed by atoms with Crippen LogP contribution in [0.3, 0.4) is 0 Å². The smallest absolute Gasteiger partial charge is 0.126 e. The molecule has 0 aliphatic rings. The number of hydrogen-bond acceptors (Lipinski definition) is 2. The molecule has 0 aliphatic heterocycles. The van der Waals surface area contributed by atoms with E-state index in [9.17, 15) is 9.50 Å².